The molecule has 106 valence electrons. The minimum Gasteiger partial charge on any atom is -0.384 e. The Labute approximate surface area is 124 Å². The molecule has 19 heavy (non-hydrogen) atoms. The second-order valence-electron chi connectivity index (χ2n) is 4.07. The van der Waals surface area contributed by atoms with E-state index in [2.05, 4.69) is 17.6 Å². The molecule has 2 N–H and O–H groups in total. The van der Waals surface area contributed by atoms with Crippen LogP contribution in [0, 0.1) is 0 Å². The molecule has 0 saturated heterocycles. The molecular formula is C14H21ClN2OS. The number of rotatable bonds is 8. The first kappa shape index (κ1) is 16.2. The van der Waals surface area contributed by atoms with Crippen LogP contribution in [-0.2, 0) is 4.79 Å². The summed E-state index contributed by atoms with van der Waals surface area (Å²) in [5.74, 6) is 2.31. The molecule has 0 aromatic heterocycles. The van der Waals surface area contributed by atoms with Crippen LogP contribution in [0.5, 0.6) is 0 Å². The number of hydrogen-bond acceptors (Lipinski definition) is 3. The Balaban J connectivity index is 2.51. The largest absolute Gasteiger partial charge is 0.384 e. The zero-order valence-electron chi connectivity index (χ0n) is 11.5. The summed E-state index contributed by atoms with van der Waals surface area (Å²) in [5.41, 5.74) is 1.65. The molecule has 1 aromatic carbocycles. The lowest BCUT2D eigenvalue weighted by Gasteiger charge is -2.11. The van der Waals surface area contributed by atoms with Crippen LogP contribution < -0.4 is 10.6 Å². The van der Waals surface area contributed by atoms with E-state index in [1.54, 1.807) is 6.07 Å². The highest BCUT2D eigenvalue weighted by molar-refractivity contribution is 7.99. The quantitative estimate of drug-likeness (QED) is 0.705. The third-order valence-electron chi connectivity index (χ3n) is 2.56. The minimum atomic E-state index is 0.00705. The first-order valence-electron chi connectivity index (χ1n) is 6.58. The van der Waals surface area contributed by atoms with Crippen LogP contribution in [0.15, 0.2) is 18.2 Å². The van der Waals surface area contributed by atoms with E-state index in [9.17, 15) is 4.79 Å². The van der Waals surface area contributed by atoms with Gasteiger partial charge in [-0.25, -0.2) is 0 Å². The van der Waals surface area contributed by atoms with Crippen molar-refractivity contribution in [1.82, 2.24) is 0 Å². The zero-order chi connectivity index (χ0) is 14.1. The number of amides is 1. The minimum absolute atomic E-state index is 0.00705. The fourth-order valence-corrected chi connectivity index (χ4v) is 2.35. The van der Waals surface area contributed by atoms with Crippen molar-refractivity contribution in [3.63, 3.8) is 0 Å². The summed E-state index contributed by atoms with van der Waals surface area (Å²) in [6.45, 7) is 4.88. The maximum absolute atomic E-state index is 11.3. The van der Waals surface area contributed by atoms with Crippen molar-refractivity contribution in [2.24, 2.45) is 0 Å². The fourth-order valence-electron chi connectivity index (χ4n) is 1.53. The molecule has 0 spiro atoms. The standard InChI is InChI=1S/C14H21ClN2OS/c1-3-14(18)17-11-6-7-12(15)13(10-11)16-8-5-9-19-4-2/h6-7,10,16H,3-5,8-9H2,1-2H3,(H,17,18). The molecule has 0 aliphatic carbocycles. The third-order valence-corrected chi connectivity index (χ3v) is 3.87. The lowest BCUT2D eigenvalue weighted by Crippen LogP contribution is -2.10. The molecule has 1 amide bonds. The van der Waals surface area contributed by atoms with Crippen LogP contribution in [0.25, 0.3) is 0 Å². The summed E-state index contributed by atoms with van der Waals surface area (Å²) in [6.07, 6.45) is 1.57. The maximum Gasteiger partial charge on any atom is 0.224 e. The van der Waals surface area contributed by atoms with Crippen molar-refractivity contribution >= 4 is 40.6 Å². The molecule has 1 aromatic rings. The van der Waals surface area contributed by atoms with Crippen LogP contribution >= 0.6 is 23.4 Å². The van der Waals surface area contributed by atoms with Crippen molar-refractivity contribution in [2.45, 2.75) is 26.7 Å². The SMILES string of the molecule is CCSCCCNc1cc(NC(=O)CC)ccc1Cl. The molecule has 5 heteroatoms. The number of halogens is 1. The Bertz CT molecular complexity index is 412. The van der Waals surface area contributed by atoms with E-state index >= 15 is 0 Å². The number of carbonyl (C=O) groups is 1. The van der Waals surface area contributed by atoms with Crippen LogP contribution in [-0.4, -0.2) is 24.0 Å². The fraction of sp³-hybridized carbons (Fsp3) is 0.500. The molecule has 0 saturated carbocycles. The van der Waals surface area contributed by atoms with Gasteiger partial charge in [0.2, 0.25) is 5.91 Å². The van der Waals surface area contributed by atoms with E-state index in [-0.39, 0.29) is 5.91 Å². The summed E-state index contributed by atoms with van der Waals surface area (Å²) >= 11 is 8.06. The van der Waals surface area contributed by atoms with Crippen molar-refractivity contribution in [2.75, 3.05) is 28.7 Å². The predicted molar refractivity (Wildman–Crippen MR) is 86.5 cm³/mol. The van der Waals surface area contributed by atoms with Gasteiger partial charge >= 0.3 is 0 Å². The Morgan fingerprint density at radius 3 is 2.84 bits per heavy atom. The summed E-state index contributed by atoms with van der Waals surface area (Å²) in [5, 5.41) is 6.81. The lowest BCUT2D eigenvalue weighted by molar-refractivity contribution is -0.115. The first-order valence-corrected chi connectivity index (χ1v) is 8.11. The van der Waals surface area contributed by atoms with Gasteiger partial charge in [-0.2, -0.15) is 11.8 Å². The summed E-state index contributed by atoms with van der Waals surface area (Å²) in [7, 11) is 0. The number of anilines is 2. The van der Waals surface area contributed by atoms with Crippen LogP contribution in [0.4, 0.5) is 11.4 Å². The van der Waals surface area contributed by atoms with Gasteiger partial charge in [-0.1, -0.05) is 25.4 Å². The number of carbonyl (C=O) groups excluding carboxylic acids is 1. The number of thioether (sulfide) groups is 1. The molecule has 0 aliphatic rings. The maximum atomic E-state index is 11.3. The molecule has 0 unspecified atom stereocenters. The second-order valence-corrected chi connectivity index (χ2v) is 5.87. The van der Waals surface area contributed by atoms with Crippen LogP contribution in [0.1, 0.15) is 26.7 Å². The van der Waals surface area contributed by atoms with Crippen molar-refractivity contribution < 1.29 is 4.79 Å². The summed E-state index contributed by atoms with van der Waals surface area (Å²) in [4.78, 5) is 11.3. The van der Waals surface area contributed by atoms with Gasteiger partial charge in [-0.3, -0.25) is 4.79 Å². The molecule has 0 heterocycles. The number of hydrogen-bond donors (Lipinski definition) is 2. The number of nitrogens with one attached hydrogen (secondary N) is 2. The Kier molecular flexibility index (Phi) is 7.75. The van der Waals surface area contributed by atoms with E-state index in [0.717, 1.165) is 35.8 Å². The Morgan fingerprint density at radius 2 is 2.16 bits per heavy atom. The molecule has 0 fully saturated rings. The summed E-state index contributed by atoms with van der Waals surface area (Å²) < 4.78 is 0. The van der Waals surface area contributed by atoms with E-state index in [0.29, 0.717) is 11.4 Å². The smallest absolute Gasteiger partial charge is 0.224 e. The van der Waals surface area contributed by atoms with E-state index in [1.165, 1.54) is 0 Å². The average Bonchev–Trinajstić information content (AvgIpc) is 2.41. The van der Waals surface area contributed by atoms with Crippen molar-refractivity contribution in [1.29, 1.82) is 0 Å². The Morgan fingerprint density at radius 1 is 1.37 bits per heavy atom. The van der Waals surface area contributed by atoms with Gasteiger partial charge in [0.1, 0.15) is 0 Å². The molecule has 0 bridgehead atoms. The molecule has 0 atom stereocenters. The molecule has 0 radical (unpaired) electrons. The molecule has 0 aliphatic heterocycles. The van der Waals surface area contributed by atoms with Crippen LogP contribution in [0.3, 0.4) is 0 Å². The Hall–Kier alpha value is -0.870. The van der Waals surface area contributed by atoms with E-state index < -0.39 is 0 Å². The highest BCUT2D eigenvalue weighted by atomic mass is 35.5. The van der Waals surface area contributed by atoms with Crippen molar-refractivity contribution in [3.05, 3.63) is 23.2 Å². The van der Waals surface area contributed by atoms with Gasteiger partial charge < -0.3 is 10.6 Å². The summed E-state index contributed by atoms with van der Waals surface area (Å²) in [6, 6.07) is 5.49. The second kappa shape index (κ2) is 9.10. The lowest BCUT2D eigenvalue weighted by atomic mass is 10.2. The van der Waals surface area contributed by atoms with Crippen LogP contribution in [0.2, 0.25) is 5.02 Å². The highest BCUT2D eigenvalue weighted by Crippen LogP contribution is 2.25. The predicted octanol–water partition coefficient (Wildman–Crippen LogP) is 4.24. The molecule has 3 nitrogen and oxygen atoms in total. The van der Waals surface area contributed by atoms with Gasteiger partial charge in [0.05, 0.1) is 10.7 Å². The van der Waals surface area contributed by atoms with E-state index in [4.69, 9.17) is 11.6 Å². The van der Waals surface area contributed by atoms with Gasteiger partial charge in [-0.05, 0) is 36.1 Å². The molecular weight excluding hydrogens is 280 g/mol. The van der Waals surface area contributed by atoms with E-state index in [1.807, 2.05) is 30.8 Å². The van der Waals surface area contributed by atoms with Gasteiger partial charge in [0, 0.05) is 18.7 Å². The highest BCUT2D eigenvalue weighted by Gasteiger charge is 2.04. The van der Waals surface area contributed by atoms with Gasteiger partial charge in [0.25, 0.3) is 0 Å². The molecule has 1 rings (SSSR count). The third kappa shape index (κ3) is 6.21. The first-order chi connectivity index (χ1) is 9.17. The normalized spacial score (nSPS) is 10.3. The van der Waals surface area contributed by atoms with Gasteiger partial charge in [-0.15, -0.1) is 0 Å². The number of benzene rings is 1. The zero-order valence-corrected chi connectivity index (χ0v) is 13.0. The monoisotopic (exact) mass is 300 g/mol. The van der Waals surface area contributed by atoms with Crippen molar-refractivity contribution in [3.8, 4) is 0 Å². The average molecular weight is 301 g/mol. The topological polar surface area (TPSA) is 41.1 Å². The van der Waals surface area contributed by atoms with Gasteiger partial charge in [0.15, 0.2) is 0 Å².